The van der Waals surface area contributed by atoms with Crippen molar-refractivity contribution in [2.75, 3.05) is 0 Å². The first-order chi connectivity index (χ1) is 11.8. The predicted molar refractivity (Wildman–Crippen MR) is 92.4 cm³/mol. The van der Waals surface area contributed by atoms with Crippen molar-refractivity contribution in [1.82, 2.24) is 4.72 Å². The van der Waals surface area contributed by atoms with Gasteiger partial charge in [-0.3, -0.25) is 9.59 Å². The number of rotatable bonds is 8. The number of hydrogen-bond acceptors (Lipinski definition) is 4. The number of benzene rings is 1. The first-order valence-electron chi connectivity index (χ1n) is 8.43. The Morgan fingerprint density at radius 3 is 2.28 bits per heavy atom. The fourth-order valence-corrected chi connectivity index (χ4v) is 4.35. The average molecular weight is 368 g/mol. The van der Waals surface area contributed by atoms with Crippen molar-refractivity contribution in [2.24, 2.45) is 5.73 Å². The standard InChI is InChI=1S/C17H24N2O5S/c18-16(20)11-10-15(17(21)22)19-25(23,24)14-8-6-13(7-9-14)12-4-2-1-3-5-12/h6-9,12,15,19H,1-5,10-11H2,(H2,18,20)(H,21,22)/t15-/m0/s1. The van der Waals surface area contributed by atoms with E-state index in [1.54, 1.807) is 12.1 Å². The largest absolute Gasteiger partial charge is 0.480 e. The van der Waals surface area contributed by atoms with Crippen molar-refractivity contribution in [3.63, 3.8) is 0 Å². The number of hydrogen-bond donors (Lipinski definition) is 3. The first-order valence-corrected chi connectivity index (χ1v) is 9.91. The topological polar surface area (TPSA) is 127 Å². The minimum absolute atomic E-state index is 0.0115. The molecule has 0 spiro atoms. The molecule has 1 aliphatic carbocycles. The molecule has 25 heavy (non-hydrogen) atoms. The van der Waals surface area contributed by atoms with Crippen LogP contribution in [0.1, 0.15) is 56.4 Å². The van der Waals surface area contributed by atoms with Gasteiger partial charge in [0.25, 0.3) is 0 Å². The Kier molecular flexibility index (Phi) is 6.55. The molecule has 138 valence electrons. The van der Waals surface area contributed by atoms with Crippen molar-refractivity contribution in [3.05, 3.63) is 29.8 Å². The van der Waals surface area contributed by atoms with Gasteiger partial charge >= 0.3 is 5.97 Å². The highest BCUT2D eigenvalue weighted by atomic mass is 32.2. The van der Waals surface area contributed by atoms with Gasteiger partial charge in [-0.15, -0.1) is 0 Å². The Morgan fingerprint density at radius 1 is 1.16 bits per heavy atom. The summed E-state index contributed by atoms with van der Waals surface area (Å²) in [6, 6.07) is 5.20. The van der Waals surface area contributed by atoms with Crippen LogP contribution in [0.4, 0.5) is 0 Å². The predicted octanol–water partition coefficient (Wildman–Crippen LogP) is 1.73. The van der Waals surface area contributed by atoms with Gasteiger partial charge in [0.1, 0.15) is 6.04 Å². The molecule has 0 saturated heterocycles. The fraction of sp³-hybridized carbons (Fsp3) is 0.529. The molecule has 0 bridgehead atoms. The third-order valence-corrected chi connectivity index (χ3v) is 6.03. The molecule has 1 aromatic rings. The van der Waals surface area contributed by atoms with E-state index in [0.29, 0.717) is 5.92 Å². The monoisotopic (exact) mass is 368 g/mol. The van der Waals surface area contributed by atoms with E-state index in [1.807, 2.05) is 0 Å². The number of primary amides is 1. The number of nitrogens with one attached hydrogen (secondary N) is 1. The Balaban J connectivity index is 2.09. The molecule has 0 aromatic heterocycles. The molecule has 1 atom stereocenters. The summed E-state index contributed by atoms with van der Waals surface area (Å²) >= 11 is 0. The molecule has 8 heteroatoms. The molecule has 0 aliphatic heterocycles. The van der Waals surface area contributed by atoms with Crippen molar-refractivity contribution in [3.8, 4) is 0 Å². The molecule has 0 radical (unpaired) electrons. The summed E-state index contributed by atoms with van der Waals surface area (Å²) in [5, 5.41) is 9.13. The Morgan fingerprint density at radius 2 is 1.76 bits per heavy atom. The maximum Gasteiger partial charge on any atom is 0.321 e. The van der Waals surface area contributed by atoms with Gasteiger partial charge < -0.3 is 10.8 Å². The molecule has 1 aliphatic rings. The molecule has 1 fully saturated rings. The summed E-state index contributed by atoms with van der Waals surface area (Å²) in [6.45, 7) is 0. The number of carboxylic acid groups (broad SMARTS) is 1. The van der Waals surface area contributed by atoms with Crippen LogP contribution in [-0.2, 0) is 19.6 Å². The number of sulfonamides is 1. The maximum atomic E-state index is 12.4. The van der Waals surface area contributed by atoms with Crippen LogP contribution in [0.5, 0.6) is 0 Å². The molecule has 1 amide bonds. The third kappa shape index (κ3) is 5.54. The lowest BCUT2D eigenvalue weighted by Crippen LogP contribution is -2.41. The van der Waals surface area contributed by atoms with Crippen LogP contribution in [-0.4, -0.2) is 31.4 Å². The van der Waals surface area contributed by atoms with Gasteiger partial charge in [-0.25, -0.2) is 8.42 Å². The summed E-state index contributed by atoms with van der Waals surface area (Å²) in [6.07, 6.45) is 5.44. The summed E-state index contributed by atoms with van der Waals surface area (Å²) in [7, 11) is -3.98. The van der Waals surface area contributed by atoms with Crippen molar-refractivity contribution < 1.29 is 23.1 Å². The zero-order valence-electron chi connectivity index (χ0n) is 14.0. The second-order valence-electron chi connectivity index (χ2n) is 6.42. The molecule has 1 saturated carbocycles. The number of carbonyl (C=O) groups is 2. The molecule has 0 heterocycles. The van der Waals surface area contributed by atoms with E-state index in [2.05, 4.69) is 4.72 Å². The van der Waals surface area contributed by atoms with E-state index in [4.69, 9.17) is 10.8 Å². The van der Waals surface area contributed by atoms with E-state index in [1.165, 1.54) is 31.4 Å². The van der Waals surface area contributed by atoms with Crippen molar-refractivity contribution in [2.45, 2.75) is 61.8 Å². The van der Waals surface area contributed by atoms with Crippen LogP contribution >= 0.6 is 0 Å². The quantitative estimate of drug-likeness (QED) is 0.644. The van der Waals surface area contributed by atoms with Gasteiger partial charge in [-0.05, 0) is 42.9 Å². The highest BCUT2D eigenvalue weighted by Gasteiger charge is 2.26. The van der Waals surface area contributed by atoms with Gasteiger partial charge in [0, 0.05) is 6.42 Å². The highest BCUT2D eigenvalue weighted by molar-refractivity contribution is 7.89. The molecule has 2 rings (SSSR count). The van der Waals surface area contributed by atoms with E-state index in [9.17, 15) is 18.0 Å². The van der Waals surface area contributed by atoms with Crippen LogP contribution in [0.3, 0.4) is 0 Å². The summed E-state index contributed by atoms with van der Waals surface area (Å²) in [4.78, 5) is 22.0. The number of aliphatic carboxylic acids is 1. The van der Waals surface area contributed by atoms with Gasteiger partial charge in [0.15, 0.2) is 0 Å². The number of nitrogens with two attached hydrogens (primary N) is 1. The zero-order chi connectivity index (χ0) is 18.4. The summed E-state index contributed by atoms with van der Waals surface area (Å²) in [5.74, 6) is -1.56. The van der Waals surface area contributed by atoms with Gasteiger partial charge in [-0.2, -0.15) is 4.72 Å². The van der Waals surface area contributed by atoms with E-state index in [0.717, 1.165) is 18.4 Å². The molecule has 4 N–H and O–H groups in total. The SMILES string of the molecule is NC(=O)CC[C@H](NS(=O)(=O)c1ccc(C2CCCCC2)cc1)C(=O)O. The normalized spacial score (nSPS) is 17.1. The smallest absolute Gasteiger partial charge is 0.321 e. The maximum absolute atomic E-state index is 12.4. The van der Waals surface area contributed by atoms with Crippen LogP contribution in [0, 0.1) is 0 Å². The second-order valence-corrected chi connectivity index (χ2v) is 8.14. The van der Waals surface area contributed by atoms with E-state index >= 15 is 0 Å². The number of amides is 1. The Labute approximate surface area is 147 Å². The Hall–Kier alpha value is -1.93. The van der Waals surface area contributed by atoms with Crippen molar-refractivity contribution >= 4 is 21.9 Å². The third-order valence-electron chi connectivity index (χ3n) is 4.54. The fourth-order valence-electron chi connectivity index (χ4n) is 3.13. The lowest BCUT2D eigenvalue weighted by atomic mass is 9.84. The molecular weight excluding hydrogens is 344 g/mol. The second kappa shape index (κ2) is 8.44. The lowest BCUT2D eigenvalue weighted by molar-refractivity contribution is -0.139. The molecule has 1 aromatic carbocycles. The molecule has 0 unspecified atom stereocenters. The van der Waals surface area contributed by atoms with Crippen molar-refractivity contribution in [1.29, 1.82) is 0 Å². The minimum atomic E-state index is -3.98. The molecule has 7 nitrogen and oxygen atoms in total. The van der Waals surface area contributed by atoms with Gasteiger partial charge in [0.05, 0.1) is 4.90 Å². The zero-order valence-corrected chi connectivity index (χ0v) is 14.8. The highest BCUT2D eigenvalue weighted by Crippen LogP contribution is 2.32. The number of carbonyl (C=O) groups excluding carboxylic acids is 1. The first kappa shape index (κ1) is 19.4. The Bertz CT molecular complexity index is 709. The van der Waals surface area contributed by atoms with E-state index < -0.39 is 27.9 Å². The lowest BCUT2D eigenvalue weighted by Gasteiger charge is -2.22. The minimum Gasteiger partial charge on any atom is -0.480 e. The summed E-state index contributed by atoms with van der Waals surface area (Å²) in [5.41, 5.74) is 6.11. The van der Waals surface area contributed by atoms with Gasteiger partial charge in [0.2, 0.25) is 15.9 Å². The van der Waals surface area contributed by atoms with E-state index in [-0.39, 0.29) is 17.7 Å². The molecular formula is C17H24N2O5S. The summed E-state index contributed by atoms with van der Waals surface area (Å²) < 4.78 is 26.9. The van der Waals surface area contributed by atoms with Crippen LogP contribution in [0.15, 0.2) is 29.2 Å². The van der Waals surface area contributed by atoms with Crippen LogP contribution in [0.2, 0.25) is 0 Å². The van der Waals surface area contributed by atoms with Gasteiger partial charge in [-0.1, -0.05) is 31.4 Å². The average Bonchev–Trinajstić information content (AvgIpc) is 2.59. The van der Waals surface area contributed by atoms with Crippen LogP contribution in [0.25, 0.3) is 0 Å². The number of carboxylic acids is 1. The van der Waals surface area contributed by atoms with Crippen LogP contribution < -0.4 is 10.5 Å².